The third kappa shape index (κ3) is 3.47. The van der Waals surface area contributed by atoms with E-state index < -0.39 is 0 Å². The standard InChI is InChI=1S/C22H26N2O2/c1-26-20-10-8-16(9-11-20)18-13-17-5-2-3-7-21(17)24(22(25)14-18)15-19-6-4-12-23-19/h2-3,5,7-11,18-19,23H,4,6,12-15H2,1H3. The number of methoxy groups -OCH3 is 1. The molecule has 0 aromatic heterocycles. The third-order valence-electron chi connectivity index (χ3n) is 5.62. The molecule has 2 aromatic rings. The van der Waals surface area contributed by atoms with E-state index in [0.29, 0.717) is 12.5 Å². The van der Waals surface area contributed by atoms with E-state index in [1.807, 2.05) is 23.1 Å². The second kappa shape index (κ2) is 7.50. The zero-order chi connectivity index (χ0) is 17.9. The van der Waals surface area contributed by atoms with Crippen LogP contribution in [0.5, 0.6) is 5.75 Å². The van der Waals surface area contributed by atoms with Gasteiger partial charge >= 0.3 is 0 Å². The van der Waals surface area contributed by atoms with Crippen molar-refractivity contribution in [3.63, 3.8) is 0 Å². The van der Waals surface area contributed by atoms with Crippen LogP contribution in [0.3, 0.4) is 0 Å². The lowest BCUT2D eigenvalue weighted by molar-refractivity contribution is -0.118. The Hall–Kier alpha value is -2.33. The summed E-state index contributed by atoms with van der Waals surface area (Å²) in [5.41, 5.74) is 3.55. The topological polar surface area (TPSA) is 41.6 Å². The molecule has 2 unspecified atom stereocenters. The van der Waals surface area contributed by atoms with E-state index in [1.54, 1.807) is 7.11 Å². The highest BCUT2D eigenvalue weighted by Gasteiger charge is 2.30. The number of ether oxygens (including phenoxy) is 1. The molecule has 1 amide bonds. The van der Waals surface area contributed by atoms with Gasteiger partial charge < -0.3 is 15.0 Å². The van der Waals surface area contributed by atoms with Gasteiger partial charge in [0.15, 0.2) is 0 Å². The van der Waals surface area contributed by atoms with Crippen molar-refractivity contribution in [2.45, 2.75) is 37.6 Å². The number of carbonyl (C=O) groups excluding carboxylic acids is 1. The zero-order valence-electron chi connectivity index (χ0n) is 15.3. The van der Waals surface area contributed by atoms with Crippen LogP contribution in [0, 0.1) is 0 Å². The van der Waals surface area contributed by atoms with E-state index in [-0.39, 0.29) is 11.8 Å². The van der Waals surface area contributed by atoms with Gasteiger partial charge in [-0.2, -0.15) is 0 Å². The summed E-state index contributed by atoms with van der Waals surface area (Å²) >= 11 is 0. The quantitative estimate of drug-likeness (QED) is 0.917. The molecule has 2 aromatic carbocycles. The highest BCUT2D eigenvalue weighted by atomic mass is 16.5. The van der Waals surface area contributed by atoms with Crippen LogP contribution >= 0.6 is 0 Å². The number of fused-ring (bicyclic) bond motifs is 1. The van der Waals surface area contributed by atoms with Crippen LogP contribution in [-0.4, -0.2) is 32.1 Å². The summed E-state index contributed by atoms with van der Waals surface area (Å²) in [7, 11) is 1.68. The average Bonchev–Trinajstić information content (AvgIpc) is 3.14. The van der Waals surface area contributed by atoms with Gasteiger partial charge in [0, 0.05) is 24.7 Å². The van der Waals surface area contributed by atoms with Crippen LogP contribution in [0.4, 0.5) is 5.69 Å². The minimum atomic E-state index is 0.205. The molecule has 0 spiro atoms. The second-order valence-electron chi connectivity index (χ2n) is 7.30. The lowest BCUT2D eigenvalue weighted by Gasteiger charge is -2.26. The zero-order valence-corrected chi connectivity index (χ0v) is 15.3. The monoisotopic (exact) mass is 350 g/mol. The Bertz CT molecular complexity index is 766. The molecule has 4 nitrogen and oxygen atoms in total. The van der Waals surface area contributed by atoms with E-state index in [4.69, 9.17) is 4.74 Å². The van der Waals surface area contributed by atoms with Gasteiger partial charge in [0.2, 0.25) is 5.91 Å². The van der Waals surface area contributed by atoms with E-state index in [9.17, 15) is 4.79 Å². The average molecular weight is 350 g/mol. The van der Waals surface area contributed by atoms with Gasteiger partial charge in [-0.3, -0.25) is 4.79 Å². The first-order valence-electron chi connectivity index (χ1n) is 9.50. The van der Waals surface area contributed by atoms with Gasteiger partial charge in [-0.1, -0.05) is 30.3 Å². The summed E-state index contributed by atoms with van der Waals surface area (Å²) in [5.74, 6) is 1.28. The summed E-state index contributed by atoms with van der Waals surface area (Å²) in [5, 5.41) is 3.52. The number of anilines is 1. The number of benzene rings is 2. The molecular formula is C22H26N2O2. The number of para-hydroxylation sites is 1. The van der Waals surface area contributed by atoms with Crippen LogP contribution < -0.4 is 15.0 Å². The van der Waals surface area contributed by atoms with E-state index in [2.05, 4.69) is 35.6 Å². The summed E-state index contributed by atoms with van der Waals surface area (Å²) in [6, 6.07) is 16.9. The maximum Gasteiger partial charge on any atom is 0.227 e. The van der Waals surface area contributed by atoms with Crippen molar-refractivity contribution in [2.75, 3.05) is 25.1 Å². The normalized spacial score (nSPS) is 22.8. The van der Waals surface area contributed by atoms with Crippen LogP contribution in [0.15, 0.2) is 48.5 Å². The summed E-state index contributed by atoms with van der Waals surface area (Å²) < 4.78 is 5.27. The van der Waals surface area contributed by atoms with Crippen LogP contribution in [0.25, 0.3) is 0 Å². The van der Waals surface area contributed by atoms with Gasteiger partial charge in [0.25, 0.3) is 0 Å². The summed E-state index contributed by atoms with van der Waals surface area (Å²) in [4.78, 5) is 15.2. The molecule has 0 radical (unpaired) electrons. The lowest BCUT2D eigenvalue weighted by Crippen LogP contribution is -2.41. The van der Waals surface area contributed by atoms with Gasteiger partial charge in [-0.25, -0.2) is 0 Å². The van der Waals surface area contributed by atoms with Crippen molar-refractivity contribution in [1.82, 2.24) is 5.32 Å². The maximum atomic E-state index is 13.1. The Labute approximate surface area is 155 Å². The molecule has 0 aliphatic carbocycles. The fourth-order valence-corrected chi connectivity index (χ4v) is 4.18. The molecule has 0 saturated carbocycles. The van der Waals surface area contributed by atoms with Crippen molar-refractivity contribution in [3.05, 3.63) is 59.7 Å². The van der Waals surface area contributed by atoms with Crippen LogP contribution in [0.2, 0.25) is 0 Å². The molecule has 4 rings (SSSR count). The van der Waals surface area contributed by atoms with Crippen molar-refractivity contribution in [2.24, 2.45) is 0 Å². The Morgan fingerprint density at radius 3 is 2.65 bits per heavy atom. The minimum Gasteiger partial charge on any atom is -0.497 e. The molecule has 2 aliphatic heterocycles. The van der Waals surface area contributed by atoms with Crippen LogP contribution in [-0.2, 0) is 11.2 Å². The van der Waals surface area contributed by atoms with Gasteiger partial charge in [-0.15, -0.1) is 0 Å². The summed E-state index contributed by atoms with van der Waals surface area (Å²) in [6.07, 6.45) is 3.78. The summed E-state index contributed by atoms with van der Waals surface area (Å²) in [6.45, 7) is 1.83. The first-order valence-corrected chi connectivity index (χ1v) is 9.50. The molecule has 2 atom stereocenters. The van der Waals surface area contributed by atoms with Crippen molar-refractivity contribution < 1.29 is 9.53 Å². The van der Waals surface area contributed by atoms with Crippen molar-refractivity contribution >= 4 is 11.6 Å². The number of carbonyl (C=O) groups is 1. The third-order valence-corrected chi connectivity index (χ3v) is 5.62. The highest BCUT2D eigenvalue weighted by molar-refractivity contribution is 5.95. The van der Waals surface area contributed by atoms with E-state index >= 15 is 0 Å². The Kier molecular flexibility index (Phi) is 4.93. The number of amides is 1. The van der Waals surface area contributed by atoms with Crippen molar-refractivity contribution in [1.29, 1.82) is 0 Å². The number of rotatable bonds is 4. The smallest absolute Gasteiger partial charge is 0.227 e. The Balaban J connectivity index is 1.63. The van der Waals surface area contributed by atoms with Crippen LogP contribution in [0.1, 0.15) is 36.3 Å². The molecule has 1 N–H and O–H groups in total. The number of hydrogen-bond acceptors (Lipinski definition) is 3. The fourth-order valence-electron chi connectivity index (χ4n) is 4.18. The lowest BCUT2D eigenvalue weighted by atomic mass is 9.90. The first-order chi connectivity index (χ1) is 12.7. The van der Waals surface area contributed by atoms with Gasteiger partial charge in [0.1, 0.15) is 5.75 Å². The minimum absolute atomic E-state index is 0.205. The number of nitrogens with zero attached hydrogens (tertiary/aromatic N) is 1. The number of hydrogen-bond donors (Lipinski definition) is 1. The fraction of sp³-hybridized carbons (Fsp3) is 0.409. The SMILES string of the molecule is COc1ccc(C2CC(=O)N(CC3CCCN3)c3ccccc3C2)cc1. The van der Waals surface area contributed by atoms with E-state index in [0.717, 1.165) is 37.4 Å². The predicted octanol–water partition coefficient (Wildman–Crippen LogP) is 3.51. The molecule has 2 heterocycles. The van der Waals surface area contributed by atoms with E-state index in [1.165, 1.54) is 17.5 Å². The van der Waals surface area contributed by atoms with Gasteiger partial charge in [0.05, 0.1) is 7.11 Å². The molecule has 26 heavy (non-hydrogen) atoms. The largest absolute Gasteiger partial charge is 0.497 e. The second-order valence-corrected chi connectivity index (χ2v) is 7.30. The molecule has 136 valence electrons. The Morgan fingerprint density at radius 1 is 1.12 bits per heavy atom. The Morgan fingerprint density at radius 2 is 1.92 bits per heavy atom. The molecular weight excluding hydrogens is 324 g/mol. The first kappa shape index (κ1) is 17.1. The van der Waals surface area contributed by atoms with Crippen molar-refractivity contribution in [3.8, 4) is 5.75 Å². The molecule has 4 heteroatoms. The molecule has 2 aliphatic rings. The molecule has 1 saturated heterocycles. The van der Waals surface area contributed by atoms with Gasteiger partial charge in [-0.05, 0) is 61.1 Å². The highest BCUT2D eigenvalue weighted by Crippen LogP contribution is 2.35. The maximum absolute atomic E-state index is 13.1. The molecule has 1 fully saturated rings. The number of nitrogens with one attached hydrogen (secondary N) is 1. The molecule has 0 bridgehead atoms. The predicted molar refractivity (Wildman–Crippen MR) is 104 cm³/mol.